The largest absolute Gasteiger partial charge is 0.465 e. The molecule has 4 atom stereocenters. The van der Waals surface area contributed by atoms with Crippen molar-refractivity contribution in [3.63, 3.8) is 0 Å². The molecule has 3 aliphatic carbocycles. The van der Waals surface area contributed by atoms with Crippen LogP contribution in [0.25, 0.3) is 10.9 Å². The molecule has 4 aliphatic rings. The lowest BCUT2D eigenvalue weighted by Gasteiger charge is -2.37. The Hall–Kier alpha value is -3.22. The molecule has 0 unspecified atom stereocenters. The number of allylic oxidation sites excluding steroid dienone is 2. The quantitative estimate of drug-likeness (QED) is 0.332. The first kappa shape index (κ1) is 18.8. The van der Waals surface area contributed by atoms with E-state index in [1.165, 1.54) is 0 Å². The molecule has 2 aromatic rings. The topological polar surface area (TPSA) is 81.0 Å². The van der Waals surface area contributed by atoms with Gasteiger partial charge < -0.3 is 9.30 Å². The zero-order chi connectivity index (χ0) is 20.8. The van der Waals surface area contributed by atoms with E-state index in [2.05, 4.69) is 17.3 Å². The third-order valence-electron chi connectivity index (χ3n) is 6.47. The summed E-state index contributed by atoms with van der Waals surface area (Å²) in [6.07, 6.45) is 9.45. The van der Waals surface area contributed by atoms with E-state index in [9.17, 15) is 14.4 Å². The highest BCUT2D eigenvalue weighted by Crippen LogP contribution is 2.49. The van der Waals surface area contributed by atoms with Crippen LogP contribution in [0.2, 0.25) is 0 Å². The van der Waals surface area contributed by atoms with Crippen molar-refractivity contribution in [3.05, 3.63) is 48.2 Å². The zero-order valence-electron chi connectivity index (χ0n) is 16.7. The number of ether oxygens (including phenoxy) is 1. The summed E-state index contributed by atoms with van der Waals surface area (Å²) in [5.74, 6) is -0.983. The van der Waals surface area contributed by atoms with Gasteiger partial charge in [-0.15, -0.1) is 0 Å². The molecule has 7 heteroatoms. The molecule has 1 aromatic heterocycles. The molecule has 1 aliphatic heterocycles. The summed E-state index contributed by atoms with van der Waals surface area (Å²) in [4.78, 5) is 37.8. The molecular formula is C23H23N3O4. The number of benzene rings is 1. The van der Waals surface area contributed by atoms with E-state index in [0.29, 0.717) is 6.61 Å². The standard InChI is InChI=1S/C23H23N3O4/c1-2-30-19(27)13-25-12-16(17-5-3-4-6-18(17)25)11-24-26-22(28)20-14-7-8-15(10-9-14)21(20)23(26)29/h3-8,11-12,14-15,20-21H,2,9-10,13H2,1H3/b24-11-/t14-,15-,20-,21-/m0/s1. The van der Waals surface area contributed by atoms with Gasteiger partial charge in [-0.05, 0) is 37.7 Å². The summed E-state index contributed by atoms with van der Waals surface area (Å²) in [6.45, 7) is 2.18. The van der Waals surface area contributed by atoms with Crippen LogP contribution in [0.3, 0.4) is 0 Å². The fourth-order valence-electron chi connectivity index (χ4n) is 5.15. The fourth-order valence-corrected chi connectivity index (χ4v) is 5.15. The van der Waals surface area contributed by atoms with Crippen LogP contribution in [0.1, 0.15) is 25.3 Å². The highest BCUT2D eigenvalue weighted by molar-refractivity contribution is 6.07. The number of hydrogen-bond acceptors (Lipinski definition) is 5. The Bertz CT molecular complexity index is 1070. The molecule has 30 heavy (non-hydrogen) atoms. The van der Waals surface area contributed by atoms with Crippen LogP contribution >= 0.6 is 0 Å². The van der Waals surface area contributed by atoms with E-state index in [1.807, 2.05) is 24.3 Å². The van der Waals surface area contributed by atoms with Gasteiger partial charge in [-0.1, -0.05) is 30.4 Å². The SMILES string of the molecule is CCOC(=O)Cn1cc(/C=N\N2C(=O)[C@@H]3[C@@H](C2=O)[C@H]2C=C[C@H]3CC2)c2ccccc21. The van der Waals surface area contributed by atoms with Crippen LogP contribution in [0.15, 0.2) is 47.7 Å². The Morgan fingerprint density at radius 2 is 1.80 bits per heavy atom. The van der Waals surface area contributed by atoms with E-state index in [4.69, 9.17) is 4.74 Å². The van der Waals surface area contributed by atoms with E-state index in [0.717, 1.165) is 34.3 Å². The maximum absolute atomic E-state index is 12.9. The number of fused-ring (bicyclic) bond motifs is 2. The number of carbonyl (C=O) groups excluding carboxylic acids is 3. The first-order valence-electron chi connectivity index (χ1n) is 10.4. The lowest BCUT2D eigenvalue weighted by atomic mass is 9.63. The zero-order valence-corrected chi connectivity index (χ0v) is 16.7. The monoisotopic (exact) mass is 405 g/mol. The maximum Gasteiger partial charge on any atom is 0.325 e. The van der Waals surface area contributed by atoms with Gasteiger partial charge >= 0.3 is 5.97 Å². The van der Waals surface area contributed by atoms with E-state index < -0.39 is 0 Å². The van der Waals surface area contributed by atoms with Gasteiger partial charge in [0.2, 0.25) is 0 Å². The van der Waals surface area contributed by atoms with Crippen molar-refractivity contribution in [2.24, 2.45) is 28.8 Å². The minimum atomic E-state index is -0.321. The van der Waals surface area contributed by atoms with Crippen LogP contribution in [0.4, 0.5) is 0 Å². The van der Waals surface area contributed by atoms with Gasteiger partial charge in [-0.3, -0.25) is 14.4 Å². The molecule has 2 amide bonds. The molecule has 2 fully saturated rings. The average molecular weight is 405 g/mol. The summed E-state index contributed by atoms with van der Waals surface area (Å²) in [6, 6.07) is 7.64. The Balaban J connectivity index is 1.44. The number of imide groups is 1. The van der Waals surface area contributed by atoms with E-state index >= 15 is 0 Å². The normalized spacial score (nSPS) is 27.4. The third kappa shape index (κ3) is 2.88. The minimum Gasteiger partial charge on any atom is -0.465 e. The summed E-state index contributed by atoms with van der Waals surface area (Å²) in [5, 5.41) is 6.26. The van der Waals surface area contributed by atoms with Crippen LogP contribution in [-0.4, -0.2) is 40.2 Å². The second-order valence-electron chi connectivity index (χ2n) is 8.11. The molecule has 154 valence electrons. The summed E-state index contributed by atoms with van der Waals surface area (Å²) in [5.41, 5.74) is 1.61. The predicted molar refractivity (Wildman–Crippen MR) is 110 cm³/mol. The smallest absolute Gasteiger partial charge is 0.325 e. The first-order valence-corrected chi connectivity index (χ1v) is 10.4. The van der Waals surface area contributed by atoms with Crippen molar-refractivity contribution in [2.75, 3.05) is 6.61 Å². The van der Waals surface area contributed by atoms with E-state index in [-0.39, 0.29) is 48.0 Å². The van der Waals surface area contributed by atoms with Crippen molar-refractivity contribution in [1.29, 1.82) is 0 Å². The first-order chi connectivity index (χ1) is 14.6. The fraction of sp³-hybridized carbons (Fsp3) is 0.391. The maximum atomic E-state index is 12.9. The summed E-state index contributed by atoms with van der Waals surface area (Å²) >= 11 is 0. The van der Waals surface area contributed by atoms with Gasteiger partial charge in [-0.2, -0.15) is 10.1 Å². The minimum absolute atomic E-state index is 0.0863. The van der Waals surface area contributed by atoms with Gasteiger partial charge in [0.1, 0.15) is 6.54 Å². The van der Waals surface area contributed by atoms with Crippen LogP contribution in [-0.2, 0) is 25.7 Å². The molecule has 0 spiro atoms. The van der Waals surface area contributed by atoms with Gasteiger partial charge in [0, 0.05) is 22.7 Å². The molecule has 0 N–H and O–H groups in total. The van der Waals surface area contributed by atoms with Gasteiger partial charge in [0.05, 0.1) is 24.7 Å². The lowest BCUT2D eigenvalue weighted by molar-refractivity contribution is -0.144. The third-order valence-corrected chi connectivity index (χ3v) is 6.47. The Morgan fingerprint density at radius 3 is 2.43 bits per heavy atom. The van der Waals surface area contributed by atoms with Crippen molar-refractivity contribution in [1.82, 2.24) is 9.58 Å². The average Bonchev–Trinajstić information content (AvgIpc) is 3.24. The molecule has 6 rings (SSSR count). The number of rotatable bonds is 5. The molecule has 1 aromatic carbocycles. The number of amides is 2. The van der Waals surface area contributed by atoms with Crippen molar-refractivity contribution < 1.29 is 19.1 Å². The number of nitrogens with zero attached hydrogens (tertiary/aromatic N) is 3. The Morgan fingerprint density at radius 1 is 1.13 bits per heavy atom. The van der Waals surface area contributed by atoms with Crippen LogP contribution in [0, 0.1) is 23.7 Å². The van der Waals surface area contributed by atoms with Gasteiger partial charge in [0.25, 0.3) is 11.8 Å². The Labute approximate surface area is 174 Å². The Kier molecular flexibility index (Phi) is 4.53. The molecule has 2 heterocycles. The highest BCUT2D eigenvalue weighted by atomic mass is 16.5. The van der Waals surface area contributed by atoms with Crippen molar-refractivity contribution in [2.45, 2.75) is 26.3 Å². The number of hydrogen-bond donors (Lipinski definition) is 0. The molecule has 1 saturated heterocycles. The van der Waals surface area contributed by atoms with Gasteiger partial charge in [0.15, 0.2) is 0 Å². The van der Waals surface area contributed by atoms with Gasteiger partial charge in [-0.25, -0.2) is 0 Å². The number of aromatic nitrogens is 1. The molecule has 1 saturated carbocycles. The number of esters is 1. The number of hydrazone groups is 1. The van der Waals surface area contributed by atoms with Crippen LogP contribution < -0.4 is 0 Å². The molecule has 0 radical (unpaired) electrons. The van der Waals surface area contributed by atoms with E-state index in [1.54, 1.807) is 23.9 Å². The number of para-hydroxylation sites is 1. The van der Waals surface area contributed by atoms with Crippen molar-refractivity contribution in [3.8, 4) is 0 Å². The van der Waals surface area contributed by atoms with Crippen molar-refractivity contribution >= 4 is 34.9 Å². The lowest BCUT2D eigenvalue weighted by Crippen LogP contribution is -2.38. The van der Waals surface area contributed by atoms with Crippen LogP contribution in [0.5, 0.6) is 0 Å². The second-order valence-corrected chi connectivity index (χ2v) is 8.11. The summed E-state index contributed by atoms with van der Waals surface area (Å²) < 4.78 is 6.85. The number of carbonyl (C=O) groups is 3. The summed E-state index contributed by atoms with van der Waals surface area (Å²) in [7, 11) is 0. The predicted octanol–water partition coefficient (Wildman–Crippen LogP) is 2.74. The molecular weight excluding hydrogens is 382 g/mol. The molecule has 7 nitrogen and oxygen atoms in total. The molecule has 2 bridgehead atoms. The highest BCUT2D eigenvalue weighted by Gasteiger charge is 2.56. The second kappa shape index (κ2) is 7.23.